The second-order valence-corrected chi connectivity index (χ2v) is 2.84. The van der Waals surface area contributed by atoms with E-state index in [4.69, 9.17) is 19.3 Å². The number of carbonyl (C=O) groups is 1. The molecule has 1 rings (SSSR count). The van der Waals surface area contributed by atoms with Crippen molar-refractivity contribution < 1.29 is 24.1 Å². The van der Waals surface area contributed by atoms with Gasteiger partial charge in [0.05, 0.1) is 21.3 Å². The number of methoxy groups -OCH3 is 3. The van der Waals surface area contributed by atoms with Gasteiger partial charge in [-0.15, -0.1) is 0 Å². The van der Waals surface area contributed by atoms with Crippen LogP contribution in [0, 0.1) is 0 Å². The van der Waals surface area contributed by atoms with E-state index in [1.54, 1.807) is 12.1 Å². The first-order valence-electron chi connectivity index (χ1n) is 4.42. The molecule has 1 aromatic carbocycles. The van der Waals surface area contributed by atoms with Gasteiger partial charge in [-0.1, -0.05) is 0 Å². The topological polar surface area (TPSA) is 77.0 Å². The zero-order valence-corrected chi connectivity index (χ0v) is 9.23. The molecule has 0 heterocycles. The first-order chi connectivity index (χ1) is 7.62. The molecule has 88 valence electrons. The molecule has 0 aliphatic rings. The van der Waals surface area contributed by atoms with Gasteiger partial charge in [-0.2, -0.15) is 0 Å². The Hall–Kier alpha value is -2.11. The van der Waals surface area contributed by atoms with Crippen LogP contribution in [0.1, 0.15) is 0 Å². The molecule has 0 aliphatic carbocycles. The molecular weight excluding hydrogens is 214 g/mol. The summed E-state index contributed by atoms with van der Waals surface area (Å²) in [6.45, 7) is 0. The Morgan fingerprint density at radius 1 is 1.12 bits per heavy atom. The summed E-state index contributed by atoms with van der Waals surface area (Å²) in [6, 6.07) is 3.13. The van der Waals surface area contributed by atoms with Gasteiger partial charge in [-0.05, 0) is 0 Å². The third-order valence-corrected chi connectivity index (χ3v) is 1.95. The molecule has 0 fully saturated rings. The Kier molecular flexibility index (Phi) is 3.82. The predicted molar refractivity (Wildman–Crippen MR) is 57.7 cm³/mol. The van der Waals surface area contributed by atoms with Crippen LogP contribution in [-0.2, 0) is 0 Å². The monoisotopic (exact) mass is 227 g/mol. The van der Waals surface area contributed by atoms with Gasteiger partial charge in [0.2, 0.25) is 0 Å². The molecule has 1 aromatic rings. The van der Waals surface area contributed by atoms with E-state index >= 15 is 0 Å². The lowest BCUT2D eigenvalue weighted by Gasteiger charge is -2.14. The number of nitrogens with one attached hydrogen (secondary N) is 1. The van der Waals surface area contributed by atoms with Crippen LogP contribution in [0.2, 0.25) is 0 Å². The summed E-state index contributed by atoms with van der Waals surface area (Å²) in [5, 5.41) is 10.9. The first-order valence-corrected chi connectivity index (χ1v) is 4.42. The minimum atomic E-state index is -1.19. The van der Waals surface area contributed by atoms with E-state index < -0.39 is 6.09 Å². The van der Waals surface area contributed by atoms with Crippen LogP contribution in [0.5, 0.6) is 17.2 Å². The number of rotatable bonds is 4. The number of carboxylic acid groups (broad SMARTS) is 1. The minimum Gasteiger partial charge on any atom is -0.496 e. The van der Waals surface area contributed by atoms with Gasteiger partial charge in [0.15, 0.2) is 0 Å². The predicted octanol–water partition coefficient (Wildman–Crippen LogP) is 1.80. The standard InChI is InChI=1S/C10H13NO5/c1-14-6-4-7(15-2)9(11-10(12)13)8(5-6)16-3/h4-5,11H,1-3H3,(H,12,13). The fourth-order valence-corrected chi connectivity index (χ4v) is 1.24. The van der Waals surface area contributed by atoms with Crippen LogP contribution in [0.3, 0.4) is 0 Å². The van der Waals surface area contributed by atoms with Gasteiger partial charge in [0, 0.05) is 12.1 Å². The Morgan fingerprint density at radius 3 is 1.94 bits per heavy atom. The largest absolute Gasteiger partial charge is 0.496 e. The molecule has 0 aromatic heterocycles. The van der Waals surface area contributed by atoms with Gasteiger partial charge >= 0.3 is 6.09 Å². The summed E-state index contributed by atoms with van der Waals surface area (Å²) in [5.74, 6) is 1.18. The van der Waals surface area contributed by atoms with Gasteiger partial charge in [-0.25, -0.2) is 4.79 Å². The maximum Gasteiger partial charge on any atom is 0.409 e. The number of benzene rings is 1. The van der Waals surface area contributed by atoms with E-state index in [0.717, 1.165) is 0 Å². The minimum absolute atomic E-state index is 0.248. The average molecular weight is 227 g/mol. The Bertz CT molecular complexity index is 366. The molecule has 16 heavy (non-hydrogen) atoms. The molecular formula is C10H13NO5. The number of amides is 1. The van der Waals surface area contributed by atoms with Crippen molar-refractivity contribution in [1.29, 1.82) is 0 Å². The van der Waals surface area contributed by atoms with Gasteiger partial charge in [0.1, 0.15) is 22.9 Å². The molecule has 0 unspecified atom stereocenters. The lowest BCUT2D eigenvalue weighted by molar-refractivity contribution is 0.209. The van der Waals surface area contributed by atoms with Crippen LogP contribution in [-0.4, -0.2) is 32.5 Å². The van der Waals surface area contributed by atoms with E-state index in [9.17, 15) is 4.79 Å². The molecule has 0 radical (unpaired) electrons. The highest BCUT2D eigenvalue weighted by molar-refractivity contribution is 5.88. The van der Waals surface area contributed by atoms with E-state index in [1.807, 2.05) is 0 Å². The molecule has 6 heteroatoms. The average Bonchev–Trinajstić information content (AvgIpc) is 2.28. The van der Waals surface area contributed by atoms with Gasteiger partial charge in [-0.3, -0.25) is 5.32 Å². The third-order valence-electron chi connectivity index (χ3n) is 1.95. The van der Waals surface area contributed by atoms with Crippen molar-refractivity contribution in [3.05, 3.63) is 12.1 Å². The third kappa shape index (κ3) is 2.47. The quantitative estimate of drug-likeness (QED) is 0.820. The van der Waals surface area contributed by atoms with E-state index in [2.05, 4.69) is 5.32 Å². The van der Waals surface area contributed by atoms with Crippen molar-refractivity contribution in [3.63, 3.8) is 0 Å². The van der Waals surface area contributed by atoms with Crippen molar-refractivity contribution >= 4 is 11.8 Å². The first kappa shape index (κ1) is 12.0. The van der Waals surface area contributed by atoms with E-state index in [-0.39, 0.29) is 5.69 Å². The zero-order chi connectivity index (χ0) is 12.1. The molecule has 0 atom stereocenters. The van der Waals surface area contributed by atoms with Gasteiger partial charge < -0.3 is 19.3 Å². The summed E-state index contributed by atoms with van der Waals surface area (Å²) >= 11 is 0. The Labute approximate surface area is 92.7 Å². The fourth-order valence-electron chi connectivity index (χ4n) is 1.24. The molecule has 2 N–H and O–H groups in total. The molecule has 0 saturated carbocycles. The summed E-state index contributed by atoms with van der Waals surface area (Å²) in [5.41, 5.74) is 0.248. The molecule has 1 amide bonds. The molecule has 6 nitrogen and oxygen atoms in total. The second kappa shape index (κ2) is 5.11. The maximum absolute atomic E-state index is 10.6. The van der Waals surface area contributed by atoms with Crippen LogP contribution >= 0.6 is 0 Å². The number of hydrogen-bond acceptors (Lipinski definition) is 4. The molecule has 0 bridgehead atoms. The van der Waals surface area contributed by atoms with Crippen molar-refractivity contribution in [2.75, 3.05) is 26.6 Å². The lowest BCUT2D eigenvalue weighted by Crippen LogP contribution is -2.10. The van der Waals surface area contributed by atoms with Crippen LogP contribution in [0.15, 0.2) is 12.1 Å². The van der Waals surface area contributed by atoms with Crippen LogP contribution < -0.4 is 19.5 Å². The fraction of sp³-hybridized carbons (Fsp3) is 0.300. The van der Waals surface area contributed by atoms with E-state index in [1.165, 1.54) is 21.3 Å². The van der Waals surface area contributed by atoms with E-state index in [0.29, 0.717) is 17.2 Å². The lowest BCUT2D eigenvalue weighted by atomic mass is 10.2. The molecule has 0 aliphatic heterocycles. The summed E-state index contributed by atoms with van der Waals surface area (Å²) in [7, 11) is 4.36. The maximum atomic E-state index is 10.6. The molecule has 0 saturated heterocycles. The zero-order valence-electron chi connectivity index (χ0n) is 9.23. The SMILES string of the molecule is COc1cc(OC)c(NC(=O)O)c(OC)c1. The van der Waals surface area contributed by atoms with Crippen molar-refractivity contribution in [2.45, 2.75) is 0 Å². The second-order valence-electron chi connectivity index (χ2n) is 2.84. The summed E-state index contributed by atoms with van der Waals surface area (Å²) < 4.78 is 15.1. The molecule has 0 spiro atoms. The summed E-state index contributed by atoms with van der Waals surface area (Å²) in [6.07, 6.45) is -1.19. The van der Waals surface area contributed by atoms with Crippen LogP contribution in [0.4, 0.5) is 10.5 Å². The highest BCUT2D eigenvalue weighted by atomic mass is 16.5. The Morgan fingerprint density at radius 2 is 1.62 bits per heavy atom. The summed E-state index contributed by atoms with van der Waals surface area (Å²) in [4.78, 5) is 10.6. The van der Waals surface area contributed by atoms with Crippen LogP contribution in [0.25, 0.3) is 0 Å². The van der Waals surface area contributed by atoms with Crippen molar-refractivity contribution in [3.8, 4) is 17.2 Å². The van der Waals surface area contributed by atoms with Crippen molar-refractivity contribution in [1.82, 2.24) is 0 Å². The van der Waals surface area contributed by atoms with Crippen molar-refractivity contribution in [2.24, 2.45) is 0 Å². The van der Waals surface area contributed by atoms with Gasteiger partial charge in [0.25, 0.3) is 0 Å². The normalized spacial score (nSPS) is 9.44. The number of anilines is 1. The number of ether oxygens (including phenoxy) is 3. The highest BCUT2D eigenvalue weighted by Gasteiger charge is 2.14. The smallest absolute Gasteiger partial charge is 0.409 e. The highest BCUT2D eigenvalue weighted by Crippen LogP contribution is 2.38. The Balaban J connectivity index is 3.25. The number of hydrogen-bond donors (Lipinski definition) is 2.